The number of rotatable bonds is 4. The standard InChI is InChI=1S/C16H23N3O2S/c1-22-14-9-5-6-10-19(12-14)16(21)17-11-15(20)18-13-7-3-2-4-8-13/h2-4,7-8,14H,5-6,9-12H2,1H3,(H,17,21)(H,18,20)/t14-/m1/s1. The summed E-state index contributed by atoms with van der Waals surface area (Å²) in [7, 11) is 0. The second-order valence-electron chi connectivity index (χ2n) is 5.37. The van der Waals surface area contributed by atoms with Gasteiger partial charge in [-0.25, -0.2) is 4.79 Å². The molecule has 0 unspecified atom stereocenters. The molecule has 1 aliphatic rings. The van der Waals surface area contributed by atoms with E-state index in [0.29, 0.717) is 5.25 Å². The Morgan fingerprint density at radius 2 is 2.05 bits per heavy atom. The number of benzene rings is 1. The molecule has 6 heteroatoms. The molecule has 2 N–H and O–H groups in total. The quantitative estimate of drug-likeness (QED) is 0.896. The number of para-hydroxylation sites is 1. The Hall–Kier alpha value is -1.69. The summed E-state index contributed by atoms with van der Waals surface area (Å²) in [5, 5.41) is 5.96. The van der Waals surface area contributed by atoms with Crippen LogP contribution in [0.3, 0.4) is 0 Å². The molecule has 120 valence electrons. The van der Waals surface area contributed by atoms with Crippen LogP contribution in [0.5, 0.6) is 0 Å². The second kappa shape index (κ2) is 8.68. The normalized spacial score (nSPS) is 18.4. The lowest BCUT2D eigenvalue weighted by Gasteiger charge is -2.23. The summed E-state index contributed by atoms with van der Waals surface area (Å²) in [5.74, 6) is -0.212. The summed E-state index contributed by atoms with van der Waals surface area (Å²) in [6.07, 6.45) is 5.42. The van der Waals surface area contributed by atoms with E-state index in [0.717, 1.165) is 38.0 Å². The first kappa shape index (κ1) is 16.7. The minimum atomic E-state index is -0.212. The second-order valence-corrected chi connectivity index (χ2v) is 6.51. The van der Waals surface area contributed by atoms with Crippen LogP contribution in [0.4, 0.5) is 10.5 Å². The molecule has 1 saturated heterocycles. The van der Waals surface area contributed by atoms with Crippen molar-refractivity contribution in [2.24, 2.45) is 0 Å². The summed E-state index contributed by atoms with van der Waals surface area (Å²) in [4.78, 5) is 25.9. The first-order valence-corrected chi connectivity index (χ1v) is 8.88. The van der Waals surface area contributed by atoms with Crippen LogP contribution in [-0.4, -0.2) is 48.0 Å². The highest BCUT2D eigenvalue weighted by atomic mass is 32.2. The van der Waals surface area contributed by atoms with Crippen LogP contribution in [0.25, 0.3) is 0 Å². The van der Waals surface area contributed by atoms with E-state index in [1.54, 1.807) is 11.8 Å². The number of urea groups is 1. The number of likely N-dealkylation sites (tertiary alicyclic amines) is 1. The van der Waals surface area contributed by atoms with E-state index in [1.165, 1.54) is 0 Å². The molecule has 1 atom stereocenters. The highest BCUT2D eigenvalue weighted by Crippen LogP contribution is 2.19. The SMILES string of the molecule is CS[C@@H]1CCCCN(C(=O)NCC(=O)Nc2ccccc2)C1. The third kappa shape index (κ3) is 5.26. The lowest BCUT2D eigenvalue weighted by Crippen LogP contribution is -2.45. The Morgan fingerprint density at radius 3 is 2.77 bits per heavy atom. The van der Waals surface area contributed by atoms with Gasteiger partial charge in [0.05, 0.1) is 6.54 Å². The molecular formula is C16H23N3O2S. The molecular weight excluding hydrogens is 298 g/mol. The molecule has 0 saturated carbocycles. The molecule has 0 aliphatic carbocycles. The van der Waals surface area contributed by atoms with E-state index in [9.17, 15) is 9.59 Å². The fourth-order valence-corrected chi connectivity index (χ4v) is 3.21. The third-order valence-electron chi connectivity index (χ3n) is 3.71. The van der Waals surface area contributed by atoms with Gasteiger partial charge in [0.15, 0.2) is 0 Å². The molecule has 1 aromatic rings. The van der Waals surface area contributed by atoms with Crippen LogP contribution in [0.15, 0.2) is 30.3 Å². The molecule has 1 fully saturated rings. The van der Waals surface area contributed by atoms with E-state index in [4.69, 9.17) is 0 Å². The average Bonchev–Trinajstić information content (AvgIpc) is 2.79. The molecule has 1 heterocycles. The van der Waals surface area contributed by atoms with Crippen molar-refractivity contribution in [1.29, 1.82) is 0 Å². The van der Waals surface area contributed by atoms with Gasteiger partial charge in [0.2, 0.25) is 5.91 Å². The first-order chi connectivity index (χ1) is 10.7. The van der Waals surface area contributed by atoms with Crippen molar-refractivity contribution in [2.75, 3.05) is 31.2 Å². The van der Waals surface area contributed by atoms with E-state index >= 15 is 0 Å². The zero-order valence-electron chi connectivity index (χ0n) is 12.9. The lowest BCUT2D eigenvalue weighted by molar-refractivity contribution is -0.115. The van der Waals surface area contributed by atoms with E-state index in [-0.39, 0.29) is 18.5 Å². The fourth-order valence-electron chi connectivity index (χ4n) is 2.47. The number of hydrogen-bond acceptors (Lipinski definition) is 3. The molecule has 1 aliphatic heterocycles. The van der Waals surface area contributed by atoms with Crippen molar-refractivity contribution in [3.05, 3.63) is 30.3 Å². The van der Waals surface area contributed by atoms with Gasteiger partial charge in [0, 0.05) is 24.0 Å². The zero-order chi connectivity index (χ0) is 15.8. The summed E-state index contributed by atoms with van der Waals surface area (Å²) in [5.41, 5.74) is 0.735. The van der Waals surface area contributed by atoms with E-state index in [2.05, 4.69) is 16.9 Å². The van der Waals surface area contributed by atoms with E-state index < -0.39 is 0 Å². The van der Waals surface area contributed by atoms with Crippen LogP contribution in [0.1, 0.15) is 19.3 Å². The van der Waals surface area contributed by atoms with Crippen molar-refractivity contribution in [2.45, 2.75) is 24.5 Å². The largest absolute Gasteiger partial charge is 0.329 e. The predicted octanol–water partition coefficient (Wildman–Crippen LogP) is 2.55. The molecule has 0 aromatic heterocycles. The summed E-state index contributed by atoms with van der Waals surface area (Å²) in [6.45, 7) is 1.52. The monoisotopic (exact) mass is 321 g/mol. The molecule has 1 aromatic carbocycles. The maximum absolute atomic E-state index is 12.2. The highest BCUT2D eigenvalue weighted by Gasteiger charge is 2.21. The predicted molar refractivity (Wildman–Crippen MR) is 91.2 cm³/mol. The van der Waals surface area contributed by atoms with Crippen LogP contribution in [0, 0.1) is 0 Å². The summed E-state index contributed by atoms with van der Waals surface area (Å²) in [6, 6.07) is 9.08. The van der Waals surface area contributed by atoms with Crippen molar-refractivity contribution in [3.8, 4) is 0 Å². The Bertz CT molecular complexity index is 495. The van der Waals surface area contributed by atoms with Crippen molar-refractivity contribution in [3.63, 3.8) is 0 Å². The fraction of sp³-hybridized carbons (Fsp3) is 0.500. The number of nitrogens with zero attached hydrogens (tertiary/aromatic N) is 1. The number of nitrogens with one attached hydrogen (secondary N) is 2. The van der Waals surface area contributed by atoms with E-state index in [1.807, 2.05) is 35.2 Å². The van der Waals surface area contributed by atoms with Gasteiger partial charge in [0.1, 0.15) is 0 Å². The lowest BCUT2D eigenvalue weighted by atomic mass is 10.2. The third-order valence-corrected chi connectivity index (χ3v) is 4.76. The maximum atomic E-state index is 12.2. The Morgan fingerprint density at radius 1 is 1.27 bits per heavy atom. The van der Waals surface area contributed by atoms with Gasteiger partial charge in [0.25, 0.3) is 0 Å². The van der Waals surface area contributed by atoms with Crippen LogP contribution in [-0.2, 0) is 4.79 Å². The Labute approximate surface area is 135 Å². The van der Waals surface area contributed by atoms with Gasteiger partial charge >= 0.3 is 6.03 Å². The van der Waals surface area contributed by atoms with Gasteiger partial charge in [-0.3, -0.25) is 4.79 Å². The first-order valence-electron chi connectivity index (χ1n) is 7.59. The maximum Gasteiger partial charge on any atom is 0.317 e. The molecule has 22 heavy (non-hydrogen) atoms. The molecule has 5 nitrogen and oxygen atoms in total. The van der Waals surface area contributed by atoms with Gasteiger partial charge in [-0.1, -0.05) is 24.6 Å². The summed E-state index contributed by atoms with van der Waals surface area (Å²) >= 11 is 1.81. The number of amides is 3. The van der Waals surface area contributed by atoms with Crippen molar-refractivity contribution < 1.29 is 9.59 Å². The molecule has 2 rings (SSSR count). The van der Waals surface area contributed by atoms with Crippen LogP contribution >= 0.6 is 11.8 Å². The van der Waals surface area contributed by atoms with Gasteiger partial charge in [-0.05, 0) is 31.2 Å². The van der Waals surface area contributed by atoms with Gasteiger partial charge in [-0.15, -0.1) is 0 Å². The van der Waals surface area contributed by atoms with Crippen molar-refractivity contribution >= 4 is 29.4 Å². The van der Waals surface area contributed by atoms with Crippen molar-refractivity contribution in [1.82, 2.24) is 10.2 Å². The van der Waals surface area contributed by atoms with Crippen LogP contribution in [0.2, 0.25) is 0 Å². The van der Waals surface area contributed by atoms with Crippen LogP contribution < -0.4 is 10.6 Å². The molecule has 3 amide bonds. The smallest absolute Gasteiger partial charge is 0.317 e. The Balaban J connectivity index is 1.77. The van der Waals surface area contributed by atoms with Gasteiger partial charge < -0.3 is 15.5 Å². The number of anilines is 1. The topological polar surface area (TPSA) is 61.4 Å². The zero-order valence-corrected chi connectivity index (χ0v) is 13.7. The minimum Gasteiger partial charge on any atom is -0.329 e. The number of thioether (sulfide) groups is 1. The number of carbonyl (C=O) groups excluding carboxylic acids is 2. The van der Waals surface area contributed by atoms with Gasteiger partial charge in [-0.2, -0.15) is 11.8 Å². The Kier molecular flexibility index (Phi) is 6.58. The number of carbonyl (C=O) groups is 2. The molecule has 0 bridgehead atoms. The highest BCUT2D eigenvalue weighted by molar-refractivity contribution is 7.99. The summed E-state index contributed by atoms with van der Waals surface area (Å²) < 4.78 is 0. The molecule has 0 radical (unpaired) electrons. The minimum absolute atomic E-state index is 0.00579. The molecule has 0 spiro atoms. The number of hydrogen-bond donors (Lipinski definition) is 2. The average molecular weight is 321 g/mol.